The van der Waals surface area contributed by atoms with E-state index in [0.29, 0.717) is 6.42 Å². The minimum atomic E-state index is -0.344. The first-order chi connectivity index (χ1) is 11.7. The third-order valence-electron chi connectivity index (χ3n) is 3.72. The van der Waals surface area contributed by atoms with Crippen LogP contribution in [0.5, 0.6) is 0 Å². The summed E-state index contributed by atoms with van der Waals surface area (Å²) in [5.41, 5.74) is 2.07. The van der Waals surface area contributed by atoms with Crippen LogP contribution in [0.15, 0.2) is 71.2 Å². The largest absolute Gasteiger partial charge is 0.458 e. The van der Waals surface area contributed by atoms with Gasteiger partial charge in [-0.25, -0.2) is 4.79 Å². The number of carbonyl (C=O) groups is 1. The lowest BCUT2D eigenvalue weighted by Crippen LogP contribution is -2.04. The molecule has 0 fully saturated rings. The fraction of sp³-hybridized carbons (Fsp3) is 0.250. The average molecular weight is 389 g/mol. The zero-order valence-corrected chi connectivity index (χ0v) is 15.0. The Kier molecular flexibility index (Phi) is 7.72. The molecule has 0 spiro atoms. The Morgan fingerprint density at radius 1 is 1.12 bits per heavy atom. The topological polar surface area (TPSA) is 46.5 Å². The van der Waals surface area contributed by atoms with E-state index in [-0.39, 0.29) is 25.1 Å². The SMILES string of the molecule is O=C(/C=C/CC[C@@H](CO)c1ccc(Br)cc1)OCc1ccccc1. The summed E-state index contributed by atoms with van der Waals surface area (Å²) in [6.07, 6.45) is 4.75. The molecule has 0 bridgehead atoms. The van der Waals surface area contributed by atoms with Crippen LogP contribution in [0.3, 0.4) is 0 Å². The predicted octanol–water partition coefficient (Wildman–Crippen LogP) is 4.60. The second kappa shape index (κ2) is 10.1. The number of hydrogen-bond acceptors (Lipinski definition) is 3. The van der Waals surface area contributed by atoms with E-state index < -0.39 is 0 Å². The smallest absolute Gasteiger partial charge is 0.330 e. The third-order valence-corrected chi connectivity index (χ3v) is 4.25. The van der Waals surface area contributed by atoms with Gasteiger partial charge in [-0.15, -0.1) is 0 Å². The molecule has 2 aromatic rings. The molecule has 0 saturated carbocycles. The van der Waals surface area contributed by atoms with E-state index in [1.54, 1.807) is 6.08 Å². The Morgan fingerprint density at radius 2 is 1.83 bits per heavy atom. The Bertz CT molecular complexity index is 650. The Labute approximate surface area is 151 Å². The normalized spacial score (nSPS) is 12.2. The van der Waals surface area contributed by atoms with Crippen molar-refractivity contribution in [2.24, 2.45) is 0 Å². The summed E-state index contributed by atoms with van der Waals surface area (Å²) in [5, 5.41) is 9.54. The molecular formula is C20H21BrO3. The van der Waals surface area contributed by atoms with Crippen LogP contribution in [0.4, 0.5) is 0 Å². The molecule has 0 heterocycles. The van der Waals surface area contributed by atoms with Gasteiger partial charge in [0, 0.05) is 23.1 Å². The minimum Gasteiger partial charge on any atom is -0.458 e. The number of halogens is 1. The fourth-order valence-electron chi connectivity index (χ4n) is 2.35. The maximum atomic E-state index is 11.7. The number of benzene rings is 2. The summed E-state index contributed by atoms with van der Waals surface area (Å²) in [7, 11) is 0. The summed E-state index contributed by atoms with van der Waals surface area (Å²) in [4.78, 5) is 11.7. The number of ether oxygens (including phenoxy) is 1. The first-order valence-corrected chi connectivity index (χ1v) is 8.72. The van der Waals surface area contributed by atoms with Gasteiger partial charge in [0.2, 0.25) is 0 Å². The van der Waals surface area contributed by atoms with Crippen LogP contribution in [0, 0.1) is 0 Å². The van der Waals surface area contributed by atoms with E-state index in [2.05, 4.69) is 15.9 Å². The van der Waals surface area contributed by atoms with E-state index in [9.17, 15) is 9.90 Å². The van der Waals surface area contributed by atoms with Crippen molar-refractivity contribution in [3.63, 3.8) is 0 Å². The third kappa shape index (κ3) is 6.30. The number of rotatable bonds is 8. The van der Waals surface area contributed by atoms with E-state index in [1.165, 1.54) is 6.08 Å². The molecule has 0 amide bonds. The van der Waals surface area contributed by atoms with E-state index in [0.717, 1.165) is 22.0 Å². The predicted molar refractivity (Wildman–Crippen MR) is 98.6 cm³/mol. The molecule has 24 heavy (non-hydrogen) atoms. The zero-order valence-electron chi connectivity index (χ0n) is 13.4. The molecule has 1 atom stereocenters. The molecule has 0 aromatic heterocycles. The second-order valence-electron chi connectivity index (χ2n) is 5.50. The van der Waals surface area contributed by atoms with Crippen molar-refractivity contribution in [3.8, 4) is 0 Å². The highest BCUT2D eigenvalue weighted by molar-refractivity contribution is 9.10. The van der Waals surface area contributed by atoms with Crippen molar-refractivity contribution in [2.45, 2.75) is 25.4 Å². The summed E-state index contributed by atoms with van der Waals surface area (Å²) >= 11 is 3.40. The van der Waals surface area contributed by atoms with Crippen molar-refractivity contribution in [3.05, 3.63) is 82.3 Å². The first-order valence-electron chi connectivity index (χ1n) is 7.92. The van der Waals surface area contributed by atoms with Crippen molar-refractivity contribution in [2.75, 3.05) is 6.61 Å². The van der Waals surface area contributed by atoms with Crippen molar-refractivity contribution in [1.29, 1.82) is 0 Å². The van der Waals surface area contributed by atoms with Crippen molar-refractivity contribution >= 4 is 21.9 Å². The molecule has 1 N–H and O–H groups in total. The maximum absolute atomic E-state index is 11.7. The van der Waals surface area contributed by atoms with Gasteiger partial charge in [-0.05, 0) is 36.1 Å². The lowest BCUT2D eigenvalue weighted by Gasteiger charge is -2.13. The second-order valence-corrected chi connectivity index (χ2v) is 6.42. The maximum Gasteiger partial charge on any atom is 0.330 e. The molecule has 4 heteroatoms. The van der Waals surface area contributed by atoms with Crippen LogP contribution in [-0.2, 0) is 16.1 Å². The van der Waals surface area contributed by atoms with Gasteiger partial charge >= 0.3 is 5.97 Å². The molecular weight excluding hydrogens is 368 g/mol. The van der Waals surface area contributed by atoms with Gasteiger partial charge in [-0.3, -0.25) is 0 Å². The van der Waals surface area contributed by atoms with E-state index >= 15 is 0 Å². The average Bonchev–Trinajstić information content (AvgIpc) is 2.62. The van der Waals surface area contributed by atoms with Crippen LogP contribution in [0.2, 0.25) is 0 Å². The highest BCUT2D eigenvalue weighted by Gasteiger charge is 2.09. The van der Waals surface area contributed by atoms with E-state index in [1.807, 2.05) is 54.6 Å². The Balaban J connectivity index is 1.74. The first kappa shape index (κ1) is 18.4. The van der Waals surface area contributed by atoms with Crippen LogP contribution >= 0.6 is 15.9 Å². The van der Waals surface area contributed by atoms with Gasteiger partial charge in [0.15, 0.2) is 0 Å². The standard InChI is InChI=1S/C20H21BrO3/c21-19-12-10-17(11-13-19)18(14-22)8-4-5-9-20(23)24-15-16-6-2-1-3-7-16/h1-3,5-7,9-13,18,22H,4,8,14-15H2/b9-5+/t18-/m0/s1. The minimum absolute atomic E-state index is 0.0723. The molecule has 2 aromatic carbocycles. The number of hydrogen-bond donors (Lipinski definition) is 1. The van der Waals surface area contributed by atoms with Gasteiger partial charge in [-0.1, -0.05) is 64.5 Å². The fourth-order valence-corrected chi connectivity index (χ4v) is 2.62. The van der Waals surface area contributed by atoms with Gasteiger partial charge in [0.25, 0.3) is 0 Å². The van der Waals surface area contributed by atoms with Crippen LogP contribution in [-0.4, -0.2) is 17.7 Å². The van der Waals surface area contributed by atoms with Crippen LogP contribution in [0.1, 0.15) is 29.9 Å². The van der Waals surface area contributed by atoms with Crippen LogP contribution in [0.25, 0.3) is 0 Å². The molecule has 0 unspecified atom stereocenters. The van der Waals surface area contributed by atoms with Crippen LogP contribution < -0.4 is 0 Å². The molecule has 126 valence electrons. The number of allylic oxidation sites excluding steroid dienone is 1. The highest BCUT2D eigenvalue weighted by Crippen LogP contribution is 2.22. The molecule has 2 rings (SSSR count). The molecule has 0 saturated heterocycles. The number of esters is 1. The lowest BCUT2D eigenvalue weighted by molar-refractivity contribution is -0.139. The zero-order chi connectivity index (χ0) is 17.2. The molecule has 0 aliphatic heterocycles. The van der Waals surface area contributed by atoms with Gasteiger partial charge in [-0.2, -0.15) is 0 Å². The van der Waals surface area contributed by atoms with Gasteiger partial charge in [0.05, 0.1) is 0 Å². The van der Waals surface area contributed by atoms with Crippen molar-refractivity contribution in [1.82, 2.24) is 0 Å². The highest BCUT2D eigenvalue weighted by atomic mass is 79.9. The summed E-state index contributed by atoms with van der Waals surface area (Å²) in [6, 6.07) is 17.5. The molecule has 0 aliphatic rings. The summed E-state index contributed by atoms with van der Waals surface area (Å²) < 4.78 is 6.20. The molecule has 3 nitrogen and oxygen atoms in total. The molecule has 0 radical (unpaired) electrons. The van der Waals surface area contributed by atoms with Gasteiger partial charge in [0.1, 0.15) is 6.61 Å². The quantitative estimate of drug-likeness (QED) is 0.530. The lowest BCUT2D eigenvalue weighted by atomic mass is 9.95. The molecule has 0 aliphatic carbocycles. The van der Waals surface area contributed by atoms with E-state index in [4.69, 9.17) is 4.74 Å². The monoisotopic (exact) mass is 388 g/mol. The Morgan fingerprint density at radius 3 is 2.50 bits per heavy atom. The van der Waals surface area contributed by atoms with Gasteiger partial charge < -0.3 is 9.84 Å². The summed E-state index contributed by atoms with van der Waals surface area (Å²) in [5.74, 6) is -0.272. The number of carbonyl (C=O) groups excluding carboxylic acids is 1. The number of aliphatic hydroxyl groups excluding tert-OH is 1. The Hall–Kier alpha value is -1.91. The van der Waals surface area contributed by atoms with Crippen molar-refractivity contribution < 1.29 is 14.6 Å². The number of aliphatic hydroxyl groups is 1. The summed E-state index contributed by atoms with van der Waals surface area (Å²) in [6.45, 7) is 0.371.